The molecule has 0 radical (unpaired) electrons. The van der Waals surface area contributed by atoms with Gasteiger partial charge in [-0.3, -0.25) is 13.8 Å². The van der Waals surface area contributed by atoms with E-state index in [1.807, 2.05) is 26.8 Å². The molecule has 0 bridgehead atoms. The summed E-state index contributed by atoms with van der Waals surface area (Å²) in [7, 11) is -7.88. The normalized spacial score (nSPS) is 11.6. The summed E-state index contributed by atoms with van der Waals surface area (Å²) in [5, 5.41) is 2.66. The fraction of sp³-hybridized carbons (Fsp3) is 0.138. The van der Waals surface area contributed by atoms with Gasteiger partial charge in [0.25, 0.3) is 20.0 Å². The van der Waals surface area contributed by atoms with Crippen LogP contribution in [-0.2, 0) is 24.8 Å². The van der Waals surface area contributed by atoms with Crippen LogP contribution in [0.2, 0.25) is 0 Å². The molecule has 4 aromatic carbocycles. The first-order valence-electron chi connectivity index (χ1n) is 12.1. The first-order chi connectivity index (χ1) is 18.4. The Bertz CT molecular complexity index is 1680. The Morgan fingerprint density at radius 3 is 1.82 bits per heavy atom. The fourth-order valence-electron chi connectivity index (χ4n) is 3.83. The van der Waals surface area contributed by atoms with Gasteiger partial charge in [-0.15, -0.1) is 0 Å². The van der Waals surface area contributed by atoms with E-state index in [0.717, 1.165) is 21.0 Å². The van der Waals surface area contributed by atoms with E-state index in [1.165, 1.54) is 36.4 Å². The molecule has 2 N–H and O–H groups in total. The summed E-state index contributed by atoms with van der Waals surface area (Å²) in [6.07, 6.45) is 0. The van der Waals surface area contributed by atoms with Crippen LogP contribution < -0.4 is 14.3 Å². The van der Waals surface area contributed by atoms with E-state index in [2.05, 4.69) is 10.0 Å². The number of sulfonamides is 2. The highest BCUT2D eigenvalue weighted by Crippen LogP contribution is 2.25. The lowest BCUT2D eigenvalue weighted by atomic mass is 10.2. The molecule has 0 aliphatic rings. The van der Waals surface area contributed by atoms with Gasteiger partial charge in [-0.25, -0.2) is 16.8 Å². The highest BCUT2D eigenvalue weighted by molar-refractivity contribution is 7.93. The van der Waals surface area contributed by atoms with Crippen molar-refractivity contribution in [3.63, 3.8) is 0 Å². The maximum atomic E-state index is 13.5. The number of benzene rings is 4. The quantitative estimate of drug-likeness (QED) is 0.289. The highest BCUT2D eigenvalue weighted by atomic mass is 32.2. The number of rotatable bonds is 9. The lowest BCUT2D eigenvalue weighted by Gasteiger charge is -2.24. The van der Waals surface area contributed by atoms with Gasteiger partial charge in [0.05, 0.1) is 15.5 Å². The second-order valence-corrected chi connectivity index (χ2v) is 12.8. The summed E-state index contributed by atoms with van der Waals surface area (Å²) >= 11 is 0. The molecule has 4 aromatic rings. The molecule has 0 aromatic heterocycles. The Labute approximate surface area is 229 Å². The average molecular weight is 564 g/mol. The summed E-state index contributed by atoms with van der Waals surface area (Å²) in [5.74, 6) is -0.584. The lowest BCUT2D eigenvalue weighted by molar-refractivity contribution is -0.114. The summed E-state index contributed by atoms with van der Waals surface area (Å²) in [4.78, 5) is 13.1. The van der Waals surface area contributed by atoms with E-state index < -0.39 is 32.5 Å². The van der Waals surface area contributed by atoms with E-state index in [-0.39, 0.29) is 9.79 Å². The Hall–Kier alpha value is -4.15. The van der Waals surface area contributed by atoms with E-state index >= 15 is 0 Å². The standard InChI is InChI=1S/C29H29N3O5S2/c1-21-7-13-26(14-8-21)32(39(36,37)28-15-9-22(2)10-16-28)20-29(33)30-24-11-17-27(18-12-24)38(34,35)31-25-6-4-5-23(3)19-25/h4-19,31H,20H2,1-3H3,(H,30,33). The molecule has 0 heterocycles. The smallest absolute Gasteiger partial charge is 0.264 e. The Morgan fingerprint density at radius 2 is 1.23 bits per heavy atom. The van der Waals surface area contributed by atoms with Crippen molar-refractivity contribution >= 4 is 43.0 Å². The van der Waals surface area contributed by atoms with Crippen LogP contribution in [0.4, 0.5) is 17.1 Å². The van der Waals surface area contributed by atoms with Gasteiger partial charge in [-0.2, -0.15) is 0 Å². The zero-order chi connectivity index (χ0) is 28.2. The highest BCUT2D eigenvalue weighted by Gasteiger charge is 2.27. The lowest BCUT2D eigenvalue weighted by Crippen LogP contribution is -2.38. The van der Waals surface area contributed by atoms with Crippen LogP contribution in [0.5, 0.6) is 0 Å². The van der Waals surface area contributed by atoms with Gasteiger partial charge in [0.1, 0.15) is 6.54 Å². The van der Waals surface area contributed by atoms with Crippen molar-refractivity contribution in [3.05, 3.63) is 114 Å². The first-order valence-corrected chi connectivity index (χ1v) is 15.0. The Morgan fingerprint density at radius 1 is 0.667 bits per heavy atom. The molecule has 0 fully saturated rings. The number of carbonyl (C=O) groups is 1. The molecular formula is C29H29N3O5S2. The van der Waals surface area contributed by atoms with Crippen molar-refractivity contribution in [1.29, 1.82) is 0 Å². The van der Waals surface area contributed by atoms with Crippen molar-refractivity contribution in [2.75, 3.05) is 20.9 Å². The molecule has 0 saturated carbocycles. The molecular weight excluding hydrogens is 534 g/mol. The zero-order valence-corrected chi connectivity index (χ0v) is 23.4. The topological polar surface area (TPSA) is 113 Å². The molecule has 0 saturated heterocycles. The molecule has 1 amide bonds. The van der Waals surface area contributed by atoms with Crippen LogP contribution in [-0.4, -0.2) is 29.3 Å². The molecule has 0 spiro atoms. The van der Waals surface area contributed by atoms with E-state index in [1.54, 1.807) is 54.6 Å². The number of nitrogens with zero attached hydrogens (tertiary/aromatic N) is 1. The summed E-state index contributed by atoms with van der Waals surface area (Å²) in [5.41, 5.74) is 3.89. The van der Waals surface area contributed by atoms with Gasteiger partial charge in [0.15, 0.2) is 0 Å². The molecule has 0 aliphatic heterocycles. The molecule has 0 atom stereocenters. The third-order valence-corrected chi connectivity index (χ3v) is 9.12. The number of hydrogen-bond donors (Lipinski definition) is 2. The van der Waals surface area contributed by atoms with Gasteiger partial charge in [0, 0.05) is 11.4 Å². The largest absolute Gasteiger partial charge is 0.325 e. The van der Waals surface area contributed by atoms with Crippen LogP contribution in [0.15, 0.2) is 107 Å². The number of amides is 1. The maximum Gasteiger partial charge on any atom is 0.264 e. The molecule has 202 valence electrons. The summed E-state index contributed by atoms with van der Waals surface area (Å²) < 4.78 is 56.1. The minimum Gasteiger partial charge on any atom is -0.325 e. The number of carbonyl (C=O) groups excluding carboxylic acids is 1. The van der Waals surface area contributed by atoms with E-state index in [9.17, 15) is 21.6 Å². The Balaban J connectivity index is 1.52. The van der Waals surface area contributed by atoms with Crippen LogP contribution in [0.25, 0.3) is 0 Å². The van der Waals surface area contributed by atoms with Crippen molar-refractivity contribution < 1.29 is 21.6 Å². The molecule has 8 nitrogen and oxygen atoms in total. The van der Waals surface area contributed by atoms with Crippen LogP contribution in [0.3, 0.4) is 0 Å². The molecule has 39 heavy (non-hydrogen) atoms. The van der Waals surface area contributed by atoms with Gasteiger partial charge in [0.2, 0.25) is 5.91 Å². The van der Waals surface area contributed by atoms with Crippen molar-refractivity contribution in [2.45, 2.75) is 30.6 Å². The third-order valence-electron chi connectivity index (χ3n) is 5.94. The van der Waals surface area contributed by atoms with Gasteiger partial charge in [-0.1, -0.05) is 47.5 Å². The number of hydrogen-bond acceptors (Lipinski definition) is 5. The van der Waals surface area contributed by atoms with Crippen LogP contribution in [0, 0.1) is 20.8 Å². The third kappa shape index (κ3) is 6.84. The second kappa shape index (κ2) is 11.3. The molecule has 0 unspecified atom stereocenters. The van der Waals surface area contributed by atoms with Crippen molar-refractivity contribution in [1.82, 2.24) is 0 Å². The fourth-order valence-corrected chi connectivity index (χ4v) is 6.31. The predicted molar refractivity (Wildman–Crippen MR) is 154 cm³/mol. The van der Waals surface area contributed by atoms with E-state index in [4.69, 9.17) is 0 Å². The minimum absolute atomic E-state index is 0.0187. The number of nitrogens with one attached hydrogen (secondary N) is 2. The molecule has 4 rings (SSSR count). The Kier molecular flexibility index (Phi) is 8.08. The number of aryl methyl sites for hydroxylation is 3. The van der Waals surface area contributed by atoms with Gasteiger partial charge in [-0.05, 0) is 87.0 Å². The van der Waals surface area contributed by atoms with Gasteiger partial charge >= 0.3 is 0 Å². The van der Waals surface area contributed by atoms with Crippen LogP contribution in [0.1, 0.15) is 16.7 Å². The van der Waals surface area contributed by atoms with Crippen LogP contribution >= 0.6 is 0 Å². The second-order valence-electron chi connectivity index (χ2n) is 9.21. The first kappa shape index (κ1) is 27.9. The molecule has 10 heteroatoms. The SMILES string of the molecule is Cc1ccc(N(CC(=O)Nc2ccc(S(=O)(=O)Nc3cccc(C)c3)cc2)S(=O)(=O)c2ccc(C)cc2)cc1. The minimum atomic E-state index is -4.05. The summed E-state index contributed by atoms with van der Waals surface area (Å²) in [6, 6.07) is 25.9. The number of anilines is 3. The van der Waals surface area contributed by atoms with Crippen molar-refractivity contribution in [2.24, 2.45) is 0 Å². The summed E-state index contributed by atoms with van der Waals surface area (Å²) in [6.45, 7) is 5.13. The van der Waals surface area contributed by atoms with E-state index in [0.29, 0.717) is 17.1 Å². The molecule has 0 aliphatic carbocycles. The van der Waals surface area contributed by atoms with Crippen molar-refractivity contribution in [3.8, 4) is 0 Å². The zero-order valence-electron chi connectivity index (χ0n) is 21.7. The average Bonchev–Trinajstić information content (AvgIpc) is 2.88. The monoisotopic (exact) mass is 563 g/mol. The van der Waals surface area contributed by atoms with Gasteiger partial charge < -0.3 is 5.32 Å². The predicted octanol–water partition coefficient (Wildman–Crippen LogP) is 5.25. The maximum absolute atomic E-state index is 13.5.